The Morgan fingerprint density at radius 1 is 1.22 bits per heavy atom. The Morgan fingerprint density at radius 2 is 1.96 bits per heavy atom. The minimum Gasteiger partial charge on any atom is -0.496 e. The van der Waals surface area contributed by atoms with Gasteiger partial charge in [-0.1, -0.05) is 47.0 Å². The van der Waals surface area contributed by atoms with Gasteiger partial charge in [-0.3, -0.25) is 4.79 Å². The van der Waals surface area contributed by atoms with E-state index in [1.807, 2.05) is 32.0 Å². The quantitative estimate of drug-likeness (QED) is 0.845. The molecule has 122 valence electrons. The van der Waals surface area contributed by atoms with Crippen LogP contribution in [-0.4, -0.2) is 13.0 Å². The molecule has 3 nitrogen and oxygen atoms in total. The Morgan fingerprint density at radius 3 is 2.61 bits per heavy atom. The third-order valence-electron chi connectivity index (χ3n) is 3.60. The largest absolute Gasteiger partial charge is 0.496 e. The molecule has 0 aliphatic rings. The molecular weight excluding hydrogens is 333 g/mol. The third-order valence-corrected chi connectivity index (χ3v) is 4.18. The fraction of sp³-hybridized carbons (Fsp3) is 0.278. The zero-order valence-electron chi connectivity index (χ0n) is 13.3. The van der Waals surface area contributed by atoms with Crippen molar-refractivity contribution in [3.05, 3.63) is 63.1 Å². The zero-order chi connectivity index (χ0) is 17.0. The number of carbonyl (C=O) groups is 1. The Balaban J connectivity index is 2.09. The number of hydrogen-bond donors (Lipinski definition) is 1. The Labute approximate surface area is 146 Å². The predicted molar refractivity (Wildman–Crippen MR) is 94.5 cm³/mol. The average Bonchev–Trinajstić information content (AvgIpc) is 2.50. The van der Waals surface area contributed by atoms with Crippen LogP contribution < -0.4 is 10.1 Å². The number of ether oxygens (including phenoxy) is 1. The van der Waals surface area contributed by atoms with Crippen LogP contribution in [0.2, 0.25) is 10.0 Å². The van der Waals surface area contributed by atoms with E-state index in [4.69, 9.17) is 27.9 Å². The van der Waals surface area contributed by atoms with Crippen LogP contribution in [0.4, 0.5) is 0 Å². The first-order chi connectivity index (χ1) is 10.9. The van der Waals surface area contributed by atoms with Crippen molar-refractivity contribution in [2.24, 2.45) is 0 Å². The number of nitrogens with one attached hydrogen (secondary N) is 1. The van der Waals surface area contributed by atoms with E-state index < -0.39 is 0 Å². The summed E-state index contributed by atoms with van der Waals surface area (Å²) in [6, 6.07) is 10.9. The van der Waals surface area contributed by atoms with E-state index in [9.17, 15) is 4.79 Å². The Bertz CT molecular complexity index is 716. The highest BCUT2D eigenvalue weighted by atomic mass is 35.5. The molecule has 2 rings (SSSR count). The number of amides is 1. The highest BCUT2D eigenvalue weighted by molar-refractivity contribution is 6.35. The van der Waals surface area contributed by atoms with E-state index in [-0.39, 0.29) is 18.4 Å². The number of methoxy groups -OCH3 is 1. The molecule has 0 saturated carbocycles. The van der Waals surface area contributed by atoms with Crippen LogP contribution in [0.5, 0.6) is 5.75 Å². The summed E-state index contributed by atoms with van der Waals surface area (Å²) in [5.41, 5.74) is 2.81. The monoisotopic (exact) mass is 351 g/mol. The minimum atomic E-state index is -0.163. The van der Waals surface area contributed by atoms with E-state index >= 15 is 0 Å². The number of halogens is 2. The van der Waals surface area contributed by atoms with Gasteiger partial charge in [0, 0.05) is 15.6 Å². The molecule has 2 aromatic carbocycles. The molecule has 0 fully saturated rings. The van der Waals surface area contributed by atoms with Crippen molar-refractivity contribution in [1.82, 2.24) is 5.32 Å². The van der Waals surface area contributed by atoms with E-state index in [0.29, 0.717) is 10.0 Å². The lowest BCUT2D eigenvalue weighted by molar-refractivity contribution is -0.121. The van der Waals surface area contributed by atoms with Gasteiger partial charge in [0.2, 0.25) is 5.91 Å². The van der Waals surface area contributed by atoms with Gasteiger partial charge in [0.15, 0.2) is 0 Å². The van der Waals surface area contributed by atoms with Crippen LogP contribution in [0.1, 0.15) is 29.7 Å². The summed E-state index contributed by atoms with van der Waals surface area (Å²) >= 11 is 12.0. The summed E-state index contributed by atoms with van der Waals surface area (Å²) < 4.78 is 5.37. The number of carbonyl (C=O) groups excluding carboxylic acids is 1. The number of rotatable bonds is 5. The van der Waals surface area contributed by atoms with Crippen molar-refractivity contribution in [1.29, 1.82) is 0 Å². The molecule has 0 aliphatic heterocycles. The van der Waals surface area contributed by atoms with E-state index in [0.717, 1.165) is 22.4 Å². The number of benzene rings is 2. The fourth-order valence-electron chi connectivity index (χ4n) is 2.40. The molecule has 1 amide bonds. The lowest BCUT2D eigenvalue weighted by Crippen LogP contribution is -2.28. The molecule has 0 spiro atoms. The second-order valence-electron chi connectivity index (χ2n) is 5.45. The van der Waals surface area contributed by atoms with Gasteiger partial charge in [-0.15, -0.1) is 0 Å². The normalized spacial score (nSPS) is 11.9. The summed E-state index contributed by atoms with van der Waals surface area (Å²) in [7, 11) is 1.62. The lowest BCUT2D eigenvalue weighted by atomic mass is 10.0. The van der Waals surface area contributed by atoms with Gasteiger partial charge in [0.05, 0.1) is 19.6 Å². The third kappa shape index (κ3) is 4.63. The van der Waals surface area contributed by atoms with Crippen LogP contribution >= 0.6 is 23.2 Å². The van der Waals surface area contributed by atoms with Gasteiger partial charge < -0.3 is 10.1 Å². The molecule has 2 aromatic rings. The zero-order valence-corrected chi connectivity index (χ0v) is 14.8. The second-order valence-corrected chi connectivity index (χ2v) is 6.29. The minimum absolute atomic E-state index is 0.106. The first-order valence-electron chi connectivity index (χ1n) is 7.28. The van der Waals surface area contributed by atoms with Crippen LogP contribution in [0, 0.1) is 6.92 Å². The van der Waals surface area contributed by atoms with Gasteiger partial charge in [0.1, 0.15) is 5.75 Å². The molecule has 0 aromatic heterocycles. The van der Waals surface area contributed by atoms with Crippen LogP contribution in [-0.2, 0) is 11.2 Å². The smallest absolute Gasteiger partial charge is 0.224 e. The van der Waals surface area contributed by atoms with Crippen molar-refractivity contribution < 1.29 is 9.53 Å². The highest BCUT2D eigenvalue weighted by Gasteiger charge is 2.15. The van der Waals surface area contributed by atoms with Gasteiger partial charge in [-0.25, -0.2) is 0 Å². The van der Waals surface area contributed by atoms with E-state index in [1.165, 1.54) is 0 Å². The van der Waals surface area contributed by atoms with E-state index in [2.05, 4.69) is 5.32 Å². The van der Waals surface area contributed by atoms with Gasteiger partial charge in [-0.05, 0) is 37.6 Å². The molecule has 5 heteroatoms. The van der Waals surface area contributed by atoms with Crippen LogP contribution in [0.15, 0.2) is 36.4 Å². The summed E-state index contributed by atoms with van der Waals surface area (Å²) in [4.78, 5) is 12.3. The van der Waals surface area contributed by atoms with Crippen molar-refractivity contribution >= 4 is 29.1 Å². The Kier molecular flexibility index (Phi) is 5.91. The highest BCUT2D eigenvalue weighted by Crippen LogP contribution is 2.26. The fourth-order valence-corrected chi connectivity index (χ4v) is 2.88. The van der Waals surface area contributed by atoms with Crippen molar-refractivity contribution in [2.75, 3.05) is 7.11 Å². The molecule has 1 unspecified atom stereocenters. The SMILES string of the molecule is COc1ccc(C)cc1C(C)NC(=O)Cc1ccc(Cl)cc1Cl. The summed E-state index contributed by atoms with van der Waals surface area (Å²) in [5.74, 6) is 0.651. The van der Waals surface area contributed by atoms with Crippen LogP contribution in [0.25, 0.3) is 0 Å². The van der Waals surface area contributed by atoms with Gasteiger partial charge in [-0.2, -0.15) is 0 Å². The molecule has 0 aliphatic carbocycles. The molecule has 0 saturated heterocycles. The maximum absolute atomic E-state index is 12.3. The number of aryl methyl sites for hydroxylation is 1. The summed E-state index contributed by atoms with van der Waals surface area (Å²) in [6.45, 7) is 3.93. The molecule has 23 heavy (non-hydrogen) atoms. The maximum Gasteiger partial charge on any atom is 0.224 e. The Hall–Kier alpha value is -1.71. The topological polar surface area (TPSA) is 38.3 Å². The first-order valence-corrected chi connectivity index (χ1v) is 8.04. The molecule has 1 atom stereocenters. The van der Waals surface area contributed by atoms with Gasteiger partial charge >= 0.3 is 0 Å². The first kappa shape index (κ1) is 17.6. The van der Waals surface area contributed by atoms with Crippen molar-refractivity contribution in [3.63, 3.8) is 0 Å². The maximum atomic E-state index is 12.3. The van der Waals surface area contributed by atoms with E-state index in [1.54, 1.807) is 25.3 Å². The predicted octanol–water partition coefficient (Wildman–Crippen LogP) is 4.73. The second kappa shape index (κ2) is 7.71. The molecule has 1 N–H and O–H groups in total. The standard InChI is InChI=1S/C18H19Cl2NO2/c1-11-4-7-17(23-3)15(8-11)12(2)21-18(22)9-13-5-6-14(19)10-16(13)20/h4-8,10,12H,9H2,1-3H3,(H,21,22). The van der Waals surface area contributed by atoms with Crippen molar-refractivity contribution in [3.8, 4) is 5.75 Å². The van der Waals surface area contributed by atoms with Crippen molar-refractivity contribution in [2.45, 2.75) is 26.3 Å². The molecule has 0 radical (unpaired) electrons. The van der Waals surface area contributed by atoms with Gasteiger partial charge in [0.25, 0.3) is 0 Å². The summed E-state index contributed by atoms with van der Waals surface area (Å²) in [6.07, 6.45) is 0.203. The van der Waals surface area contributed by atoms with Crippen LogP contribution in [0.3, 0.4) is 0 Å². The number of hydrogen-bond acceptors (Lipinski definition) is 2. The molecule has 0 bridgehead atoms. The average molecular weight is 352 g/mol. The lowest BCUT2D eigenvalue weighted by Gasteiger charge is -2.18. The molecule has 0 heterocycles. The summed E-state index contributed by atoms with van der Waals surface area (Å²) in [5, 5.41) is 4.02. The molecular formula is C18H19Cl2NO2.